The van der Waals surface area contributed by atoms with Gasteiger partial charge < -0.3 is 4.74 Å². The monoisotopic (exact) mass is 296 g/mol. The first kappa shape index (κ1) is 14.8. The first-order valence-electron chi connectivity index (χ1n) is 6.38. The molecular formula is C14H17FN2O2S. The quantitative estimate of drug-likeness (QED) is 0.746. The molecular weight excluding hydrogens is 279 g/mol. The van der Waals surface area contributed by atoms with Crippen molar-refractivity contribution in [2.24, 2.45) is 0 Å². The average molecular weight is 296 g/mol. The molecule has 108 valence electrons. The lowest BCUT2D eigenvalue weighted by Crippen LogP contribution is -2.36. The zero-order valence-corrected chi connectivity index (χ0v) is 12.5. The third kappa shape index (κ3) is 3.50. The second-order valence-corrected chi connectivity index (χ2v) is 6.38. The van der Waals surface area contributed by atoms with Gasteiger partial charge in [-0.25, -0.2) is 9.18 Å². The van der Waals surface area contributed by atoms with Crippen LogP contribution in [-0.2, 0) is 4.74 Å². The third-order valence-corrected chi connectivity index (χ3v) is 3.18. The summed E-state index contributed by atoms with van der Waals surface area (Å²) >= 11 is 5.20. The van der Waals surface area contributed by atoms with E-state index in [4.69, 9.17) is 17.0 Å². The molecule has 4 nitrogen and oxygen atoms in total. The van der Waals surface area contributed by atoms with Gasteiger partial charge in [0.25, 0.3) is 0 Å². The number of hydrogen-bond donors (Lipinski definition) is 0. The summed E-state index contributed by atoms with van der Waals surface area (Å²) in [5.41, 5.74) is 0.0576. The largest absolute Gasteiger partial charge is 0.444 e. The van der Waals surface area contributed by atoms with Crippen LogP contribution >= 0.6 is 12.2 Å². The lowest BCUT2D eigenvalue weighted by atomic mass is 10.1. The fraction of sp³-hybridized carbons (Fsp3) is 0.500. The topological polar surface area (TPSA) is 42.4 Å². The van der Waals surface area contributed by atoms with E-state index in [1.54, 1.807) is 27.0 Å². The molecule has 1 aromatic rings. The molecule has 6 heteroatoms. The molecule has 0 saturated carbocycles. The molecule has 0 unspecified atom stereocenters. The number of carbonyl (C=O) groups is 1. The van der Waals surface area contributed by atoms with Crippen LogP contribution < -0.4 is 0 Å². The van der Waals surface area contributed by atoms with E-state index in [0.29, 0.717) is 18.5 Å². The van der Waals surface area contributed by atoms with Gasteiger partial charge in [-0.05, 0) is 32.4 Å². The Balaban J connectivity index is 2.23. The molecule has 0 spiro atoms. The number of hydrogen-bond acceptors (Lipinski definition) is 4. The normalized spacial score (nSPS) is 19.3. The maximum absolute atomic E-state index is 13.3. The minimum Gasteiger partial charge on any atom is -0.444 e. The molecule has 1 aromatic heterocycles. The molecule has 1 atom stereocenters. The number of pyridine rings is 1. The van der Waals surface area contributed by atoms with Crippen LogP contribution in [0.15, 0.2) is 18.5 Å². The van der Waals surface area contributed by atoms with Crippen molar-refractivity contribution in [3.8, 4) is 0 Å². The van der Waals surface area contributed by atoms with Gasteiger partial charge in [0.2, 0.25) is 0 Å². The summed E-state index contributed by atoms with van der Waals surface area (Å²) in [5.74, 6) is -0.426. The minimum atomic E-state index is -0.577. The highest BCUT2D eigenvalue weighted by molar-refractivity contribution is 7.80. The summed E-state index contributed by atoms with van der Waals surface area (Å²) in [7, 11) is 0. The van der Waals surface area contributed by atoms with Crippen LogP contribution in [0, 0.1) is 5.82 Å². The summed E-state index contributed by atoms with van der Waals surface area (Å²) in [6.07, 6.45) is 2.78. The van der Waals surface area contributed by atoms with E-state index in [9.17, 15) is 9.18 Å². The number of amides is 1. The van der Waals surface area contributed by atoms with E-state index < -0.39 is 17.5 Å². The molecule has 1 saturated heterocycles. The number of halogens is 1. The second kappa shape index (κ2) is 5.44. The molecule has 0 aromatic carbocycles. The van der Waals surface area contributed by atoms with Gasteiger partial charge in [0.15, 0.2) is 0 Å². The van der Waals surface area contributed by atoms with Crippen molar-refractivity contribution in [1.82, 2.24) is 9.88 Å². The van der Waals surface area contributed by atoms with Crippen LogP contribution in [0.1, 0.15) is 38.8 Å². The zero-order chi connectivity index (χ0) is 14.9. The highest BCUT2D eigenvalue weighted by Crippen LogP contribution is 2.32. The lowest BCUT2D eigenvalue weighted by molar-refractivity contribution is 0.0229. The van der Waals surface area contributed by atoms with E-state index in [1.165, 1.54) is 11.0 Å². The minimum absolute atomic E-state index is 0.305. The highest BCUT2D eigenvalue weighted by atomic mass is 32.1. The number of ether oxygens (including phenoxy) is 1. The van der Waals surface area contributed by atoms with Crippen molar-refractivity contribution in [1.29, 1.82) is 0 Å². The maximum atomic E-state index is 13.3. The van der Waals surface area contributed by atoms with Crippen LogP contribution in [0.4, 0.5) is 9.18 Å². The van der Waals surface area contributed by atoms with Gasteiger partial charge in [-0.15, -0.1) is 0 Å². The SMILES string of the molecule is CC(C)(C)OC(=O)N1CC(=S)C[C@@H]1c1cncc(F)c1. The Hall–Kier alpha value is -1.56. The van der Waals surface area contributed by atoms with E-state index in [0.717, 1.165) is 11.1 Å². The van der Waals surface area contributed by atoms with Gasteiger partial charge in [-0.3, -0.25) is 9.88 Å². The summed E-state index contributed by atoms with van der Waals surface area (Å²) in [6, 6.07) is 1.07. The van der Waals surface area contributed by atoms with E-state index >= 15 is 0 Å². The van der Waals surface area contributed by atoms with Gasteiger partial charge in [-0.1, -0.05) is 12.2 Å². The van der Waals surface area contributed by atoms with Crippen molar-refractivity contribution in [3.05, 3.63) is 29.8 Å². The van der Waals surface area contributed by atoms with Crippen molar-refractivity contribution < 1.29 is 13.9 Å². The van der Waals surface area contributed by atoms with Crippen molar-refractivity contribution in [2.75, 3.05) is 6.54 Å². The van der Waals surface area contributed by atoms with Gasteiger partial charge in [0, 0.05) is 17.5 Å². The maximum Gasteiger partial charge on any atom is 0.411 e. The number of carbonyl (C=O) groups excluding carboxylic acids is 1. The van der Waals surface area contributed by atoms with Crippen molar-refractivity contribution in [3.63, 3.8) is 0 Å². The Morgan fingerprint density at radius 3 is 2.80 bits per heavy atom. The molecule has 0 bridgehead atoms. The Bertz CT molecular complexity index is 542. The first-order valence-corrected chi connectivity index (χ1v) is 6.79. The summed E-state index contributed by atoms with van der Waals surface area (Å²) in [5, 5.41) is 0. The molecule has 0 aliphatic carbocycles. The predicted molar refractivity (Wildman–Crippen MR) is 77.1 cm³/mol. The number of nitrogens with zero attached hydrogens (tertiary/aromatic N) is 2. The summed E-state index contributed by atoms with van der Waals surface area (Å²) in [6.45, 7) is 5.76. The van der Waals surface area contributed by atoms with E-state index in [1.807, 2.05) is 0 Å². The number of rotatable bonds is 1. The van der Waals surface area contributed by atoms with Gasteiger partial charge in [0.05, 0.1) is 18.8 Å². The Morgan fingerprint density at radius 2 is 2.20 bits per heavy atom. The van der Waals surface area contributed by atoms with Crippen molar-refractivity contribution in [2.45, 2.75) is 38.8 Å². The van der Waals surface area contributed by atoms with Crippen LogP contribution in [0.3, 0.4) is 0 Å². The molecule has 2 rings (SSSR count). The molecule has 1 aliphatic rings. The van der Waals surface area contributed by atoms with E-state index in [-0.39, 0.29) is 6.04 Å². The third-order valence-electron chi connectivity index (χ3n) is 2.88. The van der Waals surface area contributed by atoms with Crippen LogP contribution in [-0.4, -0.2) is 33.0 Å². The number of thiocarbonyl (C=S) groups is 1. The average Bonchev–Trinajstić information content (AvgIpc) is 2.69. The smallest absolute Gasteiger partial charge is 0.411 e. The second-order valence-electron chi connectivity index (χ2n) is 5.80. The molecule has 0 radical (unpaired) electrons. The molecule has 0 N–H and O–H groups in total. The molecule has 2 heterocycles. The predicted octanol–water partition coefficient (Wildman–Crippen LogP) is 3.27. The molecule has 1 fully saturated rings. The van der Waals surface area contributed by atoms with Gasteiger partial charge in [0.1, 0.15) is 11.4 Å². The van der Waals surface area contributed by atoms with Crippen LogP contribution in [0.5, 0.6) is 0 Å². The van der Waals surface area contributed by atoms with E-state index in [2.05, 4.69) is 4.98 Å². The molecule has 1 amide bonds. The lowest BCUT2D eigenvalue weighted by Gasteiger charge is -2.28. The Labute approximate surface area is 122 Å². The summed E-state index contributed by atoms with van der Waals surface area (Å²) < 4.78 is 18.7. The molecule has 1 aliphatic heterocycles. The van der Waals surface area contributed by atoms with Gasteiger partial charge >= 0.3 is 6.09 Å². The Morgan fingerprint density at radius 1 is 1.50 bits per heavy atom. The first-order chi connectivity index (χ1) is 9.26. The number of aromatic nitrogens is 1. The van der Waals surface area contributed by atoms with Crippen molar-refractivity contribution >= 4 is 23.2 Å². The highest BCUT2D eigenvalue weighted by Gasteiger charge is 2.36. The fourth-order valence-corrected chi connectivity index (χ4v) is 2.41. The zero-order valence-electron chi connectivity index (χ0n) is 11.7. The number of likely N-dealkylation sites (tertiary alicyclic amines) is 1. The fourth-order valence-electron chi connectivity index (χ4n) is 2.11. The summed E-state index contributed by atoms with van der Waals surface area (Å²) in [4.78, 5) is 18.3. The Kier molecular flexibility index (Phi) is 4.04. The molecule has 20 heavy (non-hydrogen) atoms. The van der Waals surface area contributed by atoms with Gasteiger partial charge in [-0.2, -0.15) is 0 Å². The van der Waals surface area contributed by atoms with Crippen LogP contribution in [0.25, 0.3) is 0 Å². The standard InChI is InChI=1S/C14H17FN2O2S/c1-14(2,3)19-13(18)17-8-11(20)5-12(17)9-4-10(15)7-16-6-9/h4,6-7,12H,5,8H2,1-3H3/t12-/m1/s1. The van der Waals surface area contributed by atoms with Crippen LogP contribution in [0.2, 0.25) is 0 Å².